The van der Waals surface area contributed by atoms with Crippen molar-refractivity contribution in [1.82, 2.24) is 0 Å². The highest BCUT2D eigenvalue weighted by atomic mass is 16.3. The van der Waals surface area contributed by atoms with Gasteiger partial charge in [-0.2, -0.15) is 0 Å². The van der Waals surface area contributed by atoms with Crippen molar-refractivity contribution >= 4 is 11.4 Å². The van der Waals surface area contributed by atoms with Crippen LogP contribution >= 0.6 is 0 Å². The van der Waals surface area contributed by atoms with Crippen molar-refractivity contribution in [2.75, 3.05) is 24.3 Å². The summed E-state index contributed by atoms with van der Waals surface area (Å²) in [6.45, 7) is 4.94. The molecule has 0 radical (unpaired) electrons. The molecule has 0 unspecified atom stereocenters. The second kappa shape index (κ2) is 5.83. The number of anilines is 2. The van der Waals surface area contributed by atoms with Crippen molar-refractivity contribution < 1.29 is 4.42 Å². The Morgan fingerprint density at radius 1 is 1.11 bits per heavy atom. The molecule has 19 heavy (non-hydrogen) atoms. The molecule has 2 rings (SSSR count). The molecule has 1 N–H and O–H groups in total. The fourth-order valence-electron chi connectivity index (χ4n) is 2.01. The number of furan rings is 1. The summed E-state index contributed by atoms with van der Waals surface area (Å²) in [5.74, 6) is 2.02. The number of aryl methyl sites for hydroxylation is 2. The molecule has 0 saturated carbocycles. The van der Waals surface area contributed by atoms with Gasteiger partial charge in [0.1, 0.15) is 11.5 Å². The summed E-state index contributed by atoms with van der Waals surface area (Å²) in [5.41, 5.74) is 3.61. The molecule has 0 aliphatic carbocycles. The summed E-state index contributed by atoms with van der Waals surface area (Å²) >= 11 is 0. The lowest BCUT2D eigenvalue weighted by atomic mass is 10.1. The maximum atomic E-state index is 5.69. The Hall–Kier alpha value is -1.90. The first-order valence-electron chi connectivity index (χ1n) is 6.69. The Kier molecular flexibility index (Phi) is 4.15. The van der Waals surface area contributed by atoms with Crippen LogP contribution in [0.15, 0.2) is 34.7 Å². The minimum Gasteiger partial charge on any atom is -0.464 e. The molecule has 0 atom stereocenters. The zero-order chi connectivity index (χ0) is 13.8. The smallest absolute Gasteiger partial charge is 0.123 e. The van der Waals surface area contributed by atoms with Crippen LogP contribution in [0.2, 0.25) is 0 Å². The fraction of sp³-hybridized carbons (Fsp3) is 0.375. The molecular weight excluding hydrogens is 236 g/mol. The van der Waals surface area contributed by atoms with E-state index in [2.05, 4.69) is 56.4 Å². The Morgan fingerprint density at radius 3 is 2.42 bits per heavy atom. The number of nitrogens with zero attached hydrogens (tertiary/aromatic N) is 1. The monoisotopic (exact) mass is 258 g/mol. The van der Waals surface area contributed by atoms with E-state index in [0.29, 0.717) is 0 Å². The maximum absolute atomic E-state index is 5.69. The Bertz CT molecular complexity index is 543. The van der Waals surface area contributed by atoms with E-state index in [4.69, 9.17) is 4.42 Å². The molecular formula is C16H22N2O. The van der Waals surface area contributed by atoms with Gasteiger partial charge in [-0.1, -0.05) is 6.92 Å². The second-order valence-corrected chi connectivity index (χ2v) is 4.97. The lowest BCUT2D eigenvalue weighted by molar-refractivity contribution is 0.476. The molecule has 0 aliphatic heterocycles. The highest BCUT2D eigenvalue weighted by Crippen LogP contribution is 2.22. The first-order chi connectivity index (χ1) is 9.10. The molecule has 0 amide bonds. The van der Waals surface area contributed by atoms with Crippen LogP contribution in [0.3, 0.4) is 0 Å². The zero-order valence-electron chi connectivity index (χ0n) is 12.2. The van der Waals surface area contributed by atoms with Crippen LogP contribution in [0, 0.1) is 6.92 Å². The van der Waals surface area contributed by atoms with E-state index in [1.807, 2.05) is 12.1 Å². The van der Waals surface area contributed by atoms with Crippen molar-refractivity contribution in [3.63, 3.8) is 0 Å². The number of hydrogen-bond acceptors (Lipinski definition) is 3. The number of nitrogens with one attached hydrogen (secondary N) is 1. The van der Waals surface area contributed by atoms with Gasteiger partial charge in [0, 0.05) is 31.9 Å². The van der Waals surface area contributed by atoms with Crippen LogP contribution in [0.4, 0.5) is 11.4 Å². The summed E-state index contributed by atoms with van der Waals surface area (Å²) in [4.78, 5) is 2.11. The molecule has 0 spiro atoms. The van der Waals surface area contributed by atoms with Crippen molar-refractivity contribution in [2.45, 2.75) is 26.8 Å². The van der Waals surface area contributed by atoms with Crippen LogP contribution in [0.5, 0.6) is 0 Å². The zero-order valence-corrected chi connectivity index (χ0v) is 12.2. The van der Waals surface area contributed by atoms with E-state index in [1.54, 1.807) is 0 Å². The van der Waals surface area contributed by atoms with Crippen LogP contribution in [-0.2, 0) is 13.0 Å². The van der Waals surface area contributed by atoms with E-state index in [-0.39, 0.29) is 0 Å². The number of rotatable bonds is 5. The average Bonchev–Trinajstić information content (AvgIpc) is 2.85. The Morgan fingerprint density at radius 2 is 1.84 bits per heavy atom. The van der Waals surface area contributed by atoms with Crippen LogP contribution in [0.1, 0.15) is 24.0 Å². The van der Waals surface area contributed by atoms with E-state index in [0.717, 1.165) is 30.2 Å². The van der Waals surface area contributed by atoms with Crippen LogP contribution in [0.25, 0.3) is 0 Å². The molecule has 102 valence electrons. The predicted molar refractivity (Wildman–Crippen MR) is 80.9 cm³/mol. The van der Waals surface area contributed by atoms with Gasteiger partial charge in [0.25, 0.3) is 0 Å². The molecule has 1 aromatic heterocycles. The van der Waals surface area contributed by atoms with Crippen LogP contribution in [-0.4, -0.2) is 14.1 Å². The topological polar surface area (TPSA) is 28.4 Å². The average molecular weight is 258 g/mol. The van der Waals surface area contributed by atoms with E-state index >= 15 is 0 Å². The van der Waals surface area contributed by atoms with Gasteiger partial charge in [-0.25, -0.2) is 0 Å². The maximum Gasteiger partial charge on any atom is 0.123 e. The summed E-state index contributed by atoms with van der Waals surface area (Å²) in [7, 11) is 4.11. The number of benzene rings is 1. The van der Waals surface area contributed by atoms with Gasteiger partial charge in [-0.15, -0.1) is 0 Å². The summed E-state index contributed by atoms with van der Waals surface area (Å²) < 4.78 is 5.69. The van der Waals surface area contributed by atoms with Gasteiger partial charge in [-0.3, -0.25) is 0 Å². The lowest BCUT2D eigenvalue weighted by Gasteiger charge is -2.15. The minimum absolute atomic E-state index is 0.724. The van der Waals surface area contributed by atoms with Gasteiger partial charge in [-0.05, 0) is 42.8 Å². The Balaban J connectivity index is 2.03. The third-order valence-electron chi connectivity index (χ3n) is 3.25. The predicted octanol–water partition coefficient (Wildman–Crippen LogP) is 3.83. The molecule has 1 aromatic carbocycles. The first-order valence-corrected chi connectivity index (χ1v) is 6.69. The largest absolute Gasteiger partial charge is 0.464 e. The SMILES string of the molecule is CCc1ccc(CNc2ccc(N(C)C)cc2C)o1. The van der Waals surface area contributed by atoms with Gasteiger partial charge in [0.15, 0.2) is 0 Å². The summed E-state index contributed by atoms with van der Waals surface area (Å²) in [6, 6.07) is 10.5. The van der Waals surface area contributed by atoms with Crippen LogP contribution < -0.4 is 10.2 Å². The quantitative estimate of drug-likeness (QED) is 0.883. The molecule has 1 heterocycles. The van der Waals surface area contributed by atoms with Crippen molar-refractivity contribution in [1.29, 1.82) is 0 Å². The van der Waals surface area contributed by atoms with Gasteiger partial charge in [0.2, 0.25) is 0 Å². The third-order valence-corrected chi connectivity index (χ3v) is 3.25. The summed E-state index contributed by atoms with van der Waals surface area (Å²) in [5, 5.41) is 3.42. The fourth-order valence-corrected chi connectivity index (χ4v) is 2.01. The molecule has 3 nitrogen and oxygen atoms in total. The van der Waals surface area contributed by atoms with E-state index in [1.165, 1.54) is 11.3 Å². The van der Waals surface area contributed by atoms with Crippen molar-refractivity contribution in [3.05, 3.63) is 47.4 Å². The van der Waals surface area contributed by atoms with Gasteiger partial charge < -0.3 is 14.6 Å². The highest BCUT2D eigenvalue weighted by Gasteiger charge is 2.03. The van der Waals surface area contributed by atoms with Gasteiger partial charge in [0.05, 0.1) is 6.54 Å². The standard InChI is InChI=1S/C16H22N2O/c1-5-14-7-8-15(19-14)11-17-16-9-6-13(18(3)4)10-12(16)2/h6-10,17H,5,11H2,1-4H3. The molecule has 2 aromatic rings. The normalized spacial score (nSPS) is 10.5. The molecule has 3 heteroatoms. The highest BCUT2D eigenvalue weighted by molar-refractivity contribution is 5.59. The van der Waals surface area contributed by atoms with E-state index < -0.39 is 0 Å². The summed E-state index contributed by atoms with van der Waals surface area (Å²) in [6.07, 6.45) is 0.941. The molecule has 0 fully saturated rings. The minimum atomic E-state index is 0.724. The molecule has 0 saturated heterocycles. The third kappa shape index (κ3) is 3.31. The van der Waals surface area contributed by atoms with Crippen molar-refractivity contribution in [3.8, 4) is 0 Å². The van der Waals surface area contributed by atoms with Gasteiger partial charge >= 0.3 is 0 Å². The van der Waals surface area contributed by atoms with Crippen molar-refractivity contribution in [2.24, 2.45) is 0 Å². The Labute approximate surface area is 115 Å². The molecule has 0 bridgehead atoms. The number of hydrogen-bond donors (Lipinski definition) is 1. The molecule has 0 aliphatic rings. The lowest BCUT2D eigenvalue weighted by Crippen LogP contribution is -2.09. The second-order valence-electron chi connectivity index (χ2n) is 4.97. The van der Waals surface area contributed by atoms with E-state index in [9.17, 15) is 0 Å². The first kappa shape index (κ1) is 13.5.